The summed E-state index contributed by atoms with van der Waals surface area (Å²) in [4.78, 5) is 4.63. The van der Waals surface area contributed by atoms with Gasteiger partial charge in [0.05, 0.1) is 5.69 Å². The highest BCUT2D eigenvalue weighted by Gasteiger charge is 2.09. The molecule has 1 heterocycles. The molecule has 0 saturated carbocycles. The first-order valence-electron chi connectivity index (χ1n) is 6.21. The predicted molar refractivity (Wildman–Crippen MR) is 82.1 cm³/mol. The third-order valence-electron chi connectivity index (χ3n) is 3.13. The van der Waals surface area contributed by atoms with E-state index in [0.717, 1.165) is 33.1 Å². The number of halogens is 1. The van der Waals surface area contributed by atoms with Crippen LogP contribution in [-0.4, -0.2) is 4.98 Å². The second-order valence-corrected chi connectivity index (χ2v) is 5.48. The van der Waals surface area contributed by atoms with E-state index in [-0.39, 0.29) is 5.82 Å². The van der Waals surface area contributed by atoms with E-state index in [1.54, 1.807) is 17.4 Å². The molecule has 20 heavy (non-hydrogen) atoms. The van der Waals surface area contributed by atoms with Crippen molar-refractivity contribution in [2.24, 2.45) is 0 Å². The van der Waals surface area contributed by atoms with E-state index in [2.05, 4.69) is 4.98 Å². The van der Waals surface area contributed by atoms with Gasteiger partial charge in [0.25, 0.3) is 0 Å². The molecular weight excluding hydrogens is 271 g/mol. The number of nitrogens with zero attached hydrogens (tertiary/aromatic N) is 1. The van der Waals surface area contributed by atoms with E-state index in [1.165, 1.54) is 12.1 Å². The van der Waals surface area contributed by atoms with Crippen LogP contribution in [0.1, 0.15) is 5.56 Å². The summed E-state index contributed by atoms with van der Waals surface area (Å²) in [6.07, 6.45) is 0. The fourth-order valence-electron chi connectivity index (χ4n) is 2.05. The predicted octanol–water partition coefficient (Wildman–Crippen LogP) is 4.51. The van der Waals surface area contributed by atoms with Gasteiger partial charge in [-0.3, -0.25) is 0 Å². The zero-order valence-corrected chi connectivity index (χ0v) is 11.7. The summed E-state index contributed by atoms with van der Waals surface area (Å²) in [5.74, 6) is -0.221. The van der Waals surface area contributed by atoms with Crippen molar-refractivity contribution in [2.75, 3.05) is 5.73 Å². The van der Waals surface area contributed by atoms with Gasteiger partial charge in [0.15, 0.2) is 0 Å². The van der Waals surface area contributed by atoms with Crippen LogP contribution in [0.25, 0.3) is 21.8 Å². The minimum atomic E-state index is -0.221. The first-order valence-corrected chi connectivity index (χ1v) is 7.09. The lowest BCUT2D eigenvalue weighted by molar-refractivity contribution is 0.627. The molecule has 2 nitrogen and oxygen atoms in total. The highest BCUT2D eigenvalue weighted by atomic mass is 32.1. The minimum absolute atomic E-state index is 0.221. The van der Waals surface area contributed by atoms with Crippen LogP contribution in [-0.2, 0) is 0 Å². The lowest BCUT2D eigenvalue weighted by Gasteiger charge is -2.02. The lowest BCUT2D eigenvalue weighted by Crippen LogP contribution is -1.86. The summed E-state index contributed by atoms with van der Waals surface area (Å²) in [6.45, 7) is 1.89. The summed E-state index contributed by atoms with van der Waals surface area (Å²) in [5, 5.41) is 2.90. The van der Waals surface area contributed by atoms with Gasteiger partial charge in [0, 0.05) is 22.2 Å². The maximum Gasteiger partial charge on any atom is 0.124 e. The standard InChI is InChI=1S/C16H13FN2S/c1-10-8-12(17)4-7-14(10)16-19-15(9-20-16)11-2-5-13(18)6-3-11/h2-9H,18H2,1H3. The van der Waals surface area contributed by atoms with Crippen LogP contribution in [0.4, 0.5) is 10.1 Å². The van der Waals surface area contributed by atoms with Gasteiger partial charge < -0.3 is 5.73 Å². The van der Waals surface area contributed by atoms with Crippen molar-refractivity contribution in [3.63, 3.8) is 0 Å². The number of thiazole rings is 1. The van der Waals surface area contributed by atoms with Crippen molar-refractivity contribution >= 4 is 17.0 Å². The quantitative estimate of drug-likeness (QED) is 0.703. The van der Waals surface area contributed by atoms with Crippen molar-refractivity contribution in [3.8, 4) is 21.8 Å². The zero-order chi connectivity index (χ0) is 14.1. The fourth-order valence-corrected chi connectivity index (χ4v) is 2.97. The second-order valence-electron chi connectivity index (χ2n) is 4.62. The van der Waals surface area contributed by atoms with Crippen LogP contribution in [0.5, 0.6) is 0 Å². The molecule has 0 spiro atoms. The van der Waals surface area contributed by atoms with Gasteiger partial charge in [-0.25, -0.2) is 9.37 Å². The van der Waals surface area contributed by atoms with Crippen LogP contribution in [0, 0.1) is 12.7 Å². The molecule has 2 aromatic carbocycles. The van der Waals surface area contributed by atoms with E-state index in [1.807, 2.05) is 36.6 Å². The minimum Gasteiger partial charge on any atom is -0.399 e. The first kappa shape index (κ1) is 12.8. The van der Waals surface area contributed by atoms with Crippen LogP contribution < -0.4 is 5.73 Å². The molecule has 100 valence electrons. The van der Waals surface area contributed by atoms with E-state index < -0.39 is 0 Å². The highest BCUT2D eigenvalue weighted by Crippen LogP contribution is 2.31. The Labute approximate surface area is 120 Å². The largest absolute Gasteiger partial charge is 0.399 e. The van der Waals surface area contributed by atoms with Crippen LogP contribution in [0.15, 0.2) is 47.8 Å². The lowest BCUT2D eigenvalue weighted by atomic mass is 10.1. The second kappa shape index (κ2) is 5.06. The molecule has 0 amide bonds. The molecule has 4 heteroatoms. The summed E-state index contributed by atoms with van der Waals surface area (Å²) >= 11 is 1.56. The van der Waals surface area contributed by atoms with Gasteiger partial charge in [-0.05, 0) is 42.8 Å². The van der Waals surface area contributed by atoms with Gasteiger partial charge in [-0.1, -0.05) is 12.1 Å². The van der Waals surface area contributed by atoms with Crippen LogP contribution in [0.2, 0.25) is 0 Å². The number of nitrogens with two attached hydrogens (primary N) is 1. The monoisotopic (exact) mass is 284 g/mol. The number of benzene rings is 2. The van der Waals surface area contributed by atoms with Crippen molar-refractivity contribution in [2.45, 2.75) is 6.92 Å². The van der Waals surface area contributed by atoms with Crippen molar-refractivity contribution in [3.05, 3.63) is 59.2 Å². The van der Waals surface area contributed by atoms with E-state index >= 15 is 0 Å². The molecule has 0 bridgehead atoms. The molecule has 2 N–H and O–H groups in total. The van der Waals surface area contributed by atoms with E-state index in [0.29, 0.717) is 0 Å². The Hall–Kier alpha value is -2.20. The summed E-state index contributed by atoms with van der Waals surface area (Å²) in [5.41, 5.74) is 10.2. The number of hydrogen-bond donors (Lipinski definition) is 1. The van der Waals surface area contributed by atoms with Gasteiger partial charge in [-0.15, -0.1) is 11.3 Å². The van der Waals surface area contributed by atoms with Gasteiger partial charge >= 0.3 is 0 Å². The molecule has 0 radical (unpaired) electrons. The third kappa shape index (κ3) is 2.42. The molecule has 0 atom stereocenters. The van der Waals surface area contributed by atoms with Crippen LogP contribution >= 0.6 is 11.3 Å². The molecule has 0 aliphatic heterocycles. The Balaban J connectivity index is 1.99. The molecule has 1 aromatic heterocycles. The summed E-state index contributed by atoms with van der Waals surface area (Å²) < 4.78 is 13.1. The average Bonchev–Trinajstić information content (AvgIpc) is 2.89. The molecular formula is C16H13FN2S. The SMILES string of the molecule is Cc1cc(F)ccc1-c1nc(-c2ccc(N)cc2)cs1. The molecule has 0 unspecified atom stereocenters. The van der Waals surface area contributed by atoms with Crippen molar-refractivity contribution in [1.82, 2.24) is 4.98 Å². The smallest absolute Gasteiger partial charge is 0.124 e. The number of aromatic nitrogens is 1. The maximum absolute atomic E-state index is 13.1. The van der Waals surface area contributed by atoms with Gasteiger partial charge in [-0.2, -0.15) is 0 Å². The Morgan fingerprint density at radius 3 is 2.55 bits per heavy atom. The number of rotatable bonds is 2. The molecule has 0 saturated heterocycles. The summed E-state index contributed by atoms with van der Waals surface area (Å²) in [7, 11) is 0. The molecule has 0 fully saturated rings. The molecule has 0 aliphatic rings. The van der Waals surface area contributed by atoms with Crippen molar-refractivity contribution < 1.29 is 4.39 Å². The number of nitrogen functional groups attached to an aromatic ring is 1. The molecule has 3 aromatic rings. The van der Waals surface area contributed by atoms with E-state index in [9.17, 15) is 4.39 Å². The Kier molecular flexibility index (Phi) is 3.24. The molecule has 3 rings (SSSR count). The Bertz CT molecular complexity index is 747. The third-order valence-corrected chi connectivity index (χ3v) is 4.01. The fraction of sp³-hybridized carbons (Fsp3) is 0.0625. The Morgan fingerprint density at radius 1 is 1.10 bits per heavy atom. The normalized spacial score (nSPS) is 10.7. The van der Waals surface area contributed by atoms with Crippen LogP contribution in [0.3, 0.4) is 0 Å². The number of aryl methyl sites for hydroxylation is 1. The number of anilines is 1. The summed E-state index contributed by atoms with van der Waals surface area (Å²) in [6, 6.07) is 12.4. The number of hydrogen-bond acceptors (Lipinski definition) is 3. The highest BCUT2D eigenvalue weighted by molar-refractivity contribution is 7.13. The maximum atomic E-state index is 13.1. The van der Waals surface area contributed by atoms with Gasteiger partial charge in [0.2, 0.25) is 0 Å². The van der Waals surface area contributed by atoms with Crippen molar-refractivity contribution in [1.29, 1.82) is 0 Å². The zero-order valence-electron chi connectivity index (χ0n) is 10.9. The van der Waals surface area contributed by atoms with E-state index in [4.69, 9.17) is 5.73 Å². The topological polar surface area (TPSA) is 38.9 Å². The van der Waals surface area contributed by atoms with Gasteiger partial charge in [0.1, 0.15) is 10.8 Å². The molecule has 0 aliphatic carbocycles. The first-order chi connectivity index (χ1) is 9.63. The Morgan fingerprint density at radius 2 is 1.85 bits per heavy atom. The average molecular weight is 284 g/mol.